The molecule has 4 heteroatoms. The van der Waals surface area contributed by atoms with Crippen LogP contribution in [0.3, 0.4) is 0 Å². The predicted octanol–water partition coefficient (Wildman–Crippen LogP) is 0.376. The number of nitrogens with zero attached hydrogens (tertiary/aromatic N) is 1. The Morgan fingerprint density at radius 3 is 2.67 bits per heavy atom. The molecule has 86 valence electrons. The molecule has 15 heavy (non-hydrogen) atoms. The quantitative estimate of drug-likeness (QED) is 0.716. The summed E-state index contributed by atoms with van der Waals surface area (Å²) < 4.78 is 5.52. The van der Waals surface area contributed by atoms with Crippen molar-refractivity contribution in [3.8, 4) is 0 Å². The summed E-state index contributed by atoms with van der Waals surface area (Å²) in [6, 6.07) is 0.503. The Bertz CT molecular complexity index is 225. The van der Waals surface area contributed by atoms with Crippen LogP contribution >= 0.6 is 0 Å². The summed E-state index contributed by atoms with van der Waals surface area (Å²) in [6.45, 7) is 2.45. The van der Waals surface area contributed by atoms with Gasteiger partial charge in [-0.3, -0.25) is 4.79 Å². The highest BCUT2D eigenvalue weighted by Gasteiger charge is 2.25. The van der Waals surface area contributed by atoms with Gasteiger partial charge in [0.25, 0.3) is 0 Å². The van der Waals surface area contributed by atoms with E-state index in [1.54, 1.807) is 0 Å². The van der Waals surface area contributed by atoms with E-state index in [2.05, 4.69) is 5.32 Å². The average molecular weight is 212 g/mol. The second-order valence-electron chi connectivity index (χ2n) is 4.49. The van der Waals surface area contributed by atoms with E-state index < -0.39 is 0 Å². The number of hydrogen-bond acceptors (Lipinski definition) is 3. The fourth-order valence-corrected chi connectivity index (χ4v) is 1.85. The number of ether oxygens (including phenoxy) is 1. The van der Waals surface area contributed by atoms with E-state index in [-0.39, 0.29) is 5.91 Å². The number of hydrogen-bond donors (Lipinski definition) is 1. The zero-order valence-electron chi connectivity index (χ0n) is 9.37. The maximum atomic E-state index is 11.7. The second-order valence-corrected chi connectivity index (χ2v) is 4.49. The average Bonchev–Trinajstić information content (AvgIpc) is 2.05. The molecule has 0 radical (unpaired) electrons. The largest absolute Gasteiger partial charge is 0.375 e. The lowest BCUT2D eigenvalue weighted by Gasteiger charge is -2.35. The standard InChI is InChI=1S/C11H20N2O2/c1-13(9-3-2-4-9)11(14)5-6-15-10-7-12-8-10/h9-10,12H,2-8H2,1H3. The van der Waals surface area contributed by atoms with E-state index >= 15 is 0 Å². The van der Waals surface area contributed by atoms with Crippen molar-refractivity contribution in [2.75, 3.05) is 26.7 Å². The van der Waals surface area contributed by atoms with Crippen molar-refractivity contribution in [1.82, 2.24) is 10.2 Å². The van der Waals surface area contributed by atoms with E-state index in [1.807, 2.05) is 11.9 Å². The van der Waals surface area contributed by atoms with E-state index in [4.69, 9.17) is 4.74 Å². The van der Waals surface area contributed by atoms with Gasteiger partial charge in [0, 0.05) is 26.2 Å². The van der Waals surface area contributed by atoms with Crippen molar-refractivity contribution in [3.63, 3.8) is 0 Å². The molecule has 0 unspecified atom stereocenters. The molecule has 1 amide bonds. The summed E-state index contributed by atoms with van der Waals surface area (Å²) in [5, 5.41) is 3.14. The smallest absolute Gasteiger partial charge is 0.224 e. The minimum atomic E-state index is 0.229. The van der Waals surface area contributed by atoms with Crippen LogP contribution < -0.4 is 5.32 Å². The van der Waals surface area contributed by atoms with Crippen LogP contribution in [0.2, 0.25) is 0 Å². The Morgan fingerprint density at radius 1 is 1.47 bits per heavy atom. The number of rotatable bonds is 5. The van der Waals surface area contributed by atoms with Crippen LogP contribution in [0, 0.1) is 0 Å². The summed E-state index contributed by atoms with van der Waals surface area (Å²) in [6.07, 6.45) is 4.49. The Balaban J connectivity index is 1.58. The predicted molar refractivity (Wildman–Crippen MR) is 57.6 cm³/mol. The first-order valence-electron chi connectivity index (χ1n) is 5.85. The summed E-state index contributed by atoms with van der Waals surface area (Å²) in [4.78, 5) is 13.6. The van der Waals surface area contributed by atoms with Crippen LogP contribution in [0.15, 0.2) is 0 Å². The molecule has 0 aromatic heterocycles. The molecule has 0 atom stereocenters. The first kappa shape index (κ1) is 10.9. The lowest BCUT2D eigenvalue weighted by atomic mass is 9.92. The van der Waals surface area contributed by atoms with E-state index in [0.717, 1.165) is 13.1 Å². The van der Waals surface area contributed by atoms with Crippen LogP contribution in [0.25, 0.3) is 0 Å². The maximum Gasteiger partial charge on any atom is 0.224 e. The third-order valence-electron chi connectivity index (χ3n) is 3.43. The van der Waals surface area contributed by atoms with Crippen molar-refractivity contribution in [3.05, 3.63) is 0 Å². The Hall–Kier alpha value is -0.610. The van der Waals surface area contributed by atoms with E-state index in [0.29, 0.717) is 25.2 Å². The molecular formula is C11H20N2O2. The van der Waals surface area contributed by atoms with Gasteiger partial charge in [-0.1, -0.05) is 0 Å². The molecule has 1 saturated heterocycles. The molecule has 1 heterocycles. The Morgan fingerprint density at radius 2 is 2.20 bits per heavy atom. The number of carbonyl (C=O) groups is 1. The molecule has 0 aromatic carbocycles. The number of nitrogens with one attached hydrogen (secondary N) is 1. The van der Waals surface area contributed by atoms with Crippen molar-refractivity contribution in [2.45, 2.75) is 37.8 Å². The van der Waals surface area contributed by atoms with Gasteiger partial charge in [-0.05, 0) is 19.3 Å². The van der Waals surface area contributed by atoms with Crippen LogP contribution in [-0.4, -0.2) is 49.7 Å². The van der Waals surface area contributed by atoms with E-state index in [1.165, 1.54) is 19.3 Å². The summed E-state index contributed by atoms with van der Waals surface area (Å²) in [5.41, 5.74) is 0. The molecule has 1 aliphatic carbocycles. The summed E-state index contributed by atoms with van der Waals surface area (Å²) in [7, 11) is 1.91. The van der Waals surface area contributed by atoms with Gasteiger partial charge >= 0.3 is 0 Å². The SMILES string of the molecule is CN(C(=O)CCOC1CNC1)C1CCC1. The molecule has 0 spiro atoms. The topological polar surface area (TPSA) is 41.6 Å². The highest BCUT2D eigenvalue weighted by molar-refractivity contribution is 5.76. The van der Waals surface area contributed by atoms with Crippen molar-refractivity contribution >= 4 is 5.91 Å². The molecule has 1 aliphatic heterocycles. The van der Waals surface area contributed by atoms with Gasteiger partial charge in [-0.2, -0.15) is 0 Å². The van der Waals surface area contributed by atoms with Gasteiger partial charge in [-0.15, -0.1) is 0 Å². The normalized spacial score (nSPS) is 21.9. The molecule has 1 saturated carbocycles. The third-order valence-corrected chi connectivity index (χ3v) is 3.43. The molecule has 1 N–H and O–H groups in total. The Kier molecular flexibility index (Phi) is 3.59. The second kappa shape index (κ2) is 4.94. The highest BCUT2D eigenvalue weighted by Crippen LogP contribution is 2.23. The summed E-state index contributed by atoms with van der Waals surface area (Å²) in [5.74, 6) is 0.229. The molecule has 4 nitrogen and oxygen atoms in total. The van der Waals surface area contributed by atoms with Gasteiger partial charge in [0.2, 0.25) is 5.91 Å². The van der Waals surface area contributed by atoms with Crippen molar-refractivity contribution in [1.29, 1.82) is 0 Å². The lowest BCUT2D eigenvalue weighted by Crippen LogP contribution is -2.49. The highest BCUT2D eigenvalue weighted by atomic mass is 16.5. The first-order chi connectivity index (χ1) is 7.27. The fourth-order valence-electron chi connectivity index (χ4n) is 1.85. The minimum Gasteiger partial charge on any atom is -0.375 e. The minimum absolute atomic E-state index is 0.229. The number of carbonyl (C=O) groups excluding carboxylic acids is 1. The van der Waals surface area contributed by atoms with Crippen LogP contribution in [-0.2, 0) is 9.53 Å². The first-order valence-corrected chi connectivity index (χ1v) is 5.85. The molecule has 2 aliphatic rings. The molecule has 0 bridgehead atoms. The zero-order chi connectivity index (χ0) is 10.7. The molecule has 2 rings (SSSR count). The fraction of sp³-hybridized carbons (Fsp3) is 0.909. The summed E-state index contributed by atoms with van der Waals surface area (Å²) >= 11 is 0. The third kappa shape index (κ3) is 2.69. The number of amides is 1. The van der Waals surface area contributed by atoms with Gasteiger partial charge in [-0.25, -0.2) is 0 Å². The van der Waals surface area contributed by atoms with Gasteiger partial charge in [0.15, 0.2) is 0 Å². The van der Waals surface area contributed by atoms with Crippen LogP contribution in [0.5, 0.6) is 0 Å². The monoisotopic (exact) mass is 212 g/mol. The Labute approximate surface area is 91.0 Å². The molecular weight excluding hydrogens is 192 g/mol. The maximum absolute atomic E-state index is 11.7. The molecule has 0 aromatic rings. The van der Waals surface area contributed by atoms with Crippen LogP contribution in [0.1, 0.15) is 25.7 Å². The van der Waals surface area contributed by atoms with Gasteiger partial charge in [0.1, 0.15) is 0 Å². The lowest BCUT2D eigenvalue weighted by molar-refractivity contribution is -0.135. The van der Waals surface area contributed by atoms with Gasteiger partial charge < -0.3 is 15.0 Å². The van der Waals surface area contributed by atoms with E-state index in [9.17, 15) is 4.79 Å². The zero-order valence-corrected chi connectivity index (χ0v) is 9.37. The van der Waals surface area contributed by atoms with Crippen molar-refractivity contribution < 1.29 is 9.53 Å². The van der Waals surface area contributed by atoms with Crippen molar-refractivity contribution in [2.24, 2.45) is 0 Å². The molecule has 2 fully saturated rings. The van der Waals surface area contributed by atoms with Crippen LogP contribution in [0.4, 0.5) is 0 Å². The van der Waals surface area contributed by atoms with Gasteiger partial charge in [0.05, 0.1) is 19.1 Å².